The molecule has 0 radical (unpaired) electrons. The van der Waals surface area contributed by atoms with Crippen LogP contribution < -0.4 is 9.80 Å². The van der Waals surface area contributed by atoms with Gasteiger partial charge in [-0.2, -0.15) is 0 Å². The molecule has 0 N–H and O–H groups in total. The maximum atomic E-state index is 6.53. The van der Waals surface area contributed by atoms with Crippen LogP contribution in [0.15, 0.2) is 164 Å². The van der Waals surface area contributed by atoms with Gasteiger partial charge in [0.15, 0.2) is 0 Å². The number of nitrogens with zero attached hydrogens (tertiary/aromatic N) is 3. The van der Waals surface area contributed by atoms with Gasteiger partial charge >= 0.3 is 0 Å². The van der Waals surface area contributed by atoms with Gasteiger partial charge in [0, 0.05) is 70.7 Å². The Labute approximate surface area is 304 Å². The first kappa shape index (κ1) is 31.4. The van der Waals surface area contributed by atoms with Crippen LogP contribution in [0.3, 0.4) is 0 Å². The number of halogens is 4. The maximum absolute atomic E-state index is 6.53. The first-order chi connectivity index (χ1) is 23.9. The highest BCUT2D eigenvalue weighted by Crippen LogP contribution is 2.43. The topological polar surface area (TPSA) is 11.4 Å². The van der Waals surface area contributed by atoms with E-state index in [0.717, 1.165) is 61.6 Å². The molecule has 0 fully saturated rings. The Balaban J connectivity index is 1.40. The first-order valence-electron chi connectivity index (χ1n) is 15.7. The summed E-state index contributed by atoms with van der Waals surface area (Å²) in [4.78, 5) is 4.36. The van der Waals surface area contributed by atoms with Crippen LogP contribution in [0.4, 0.5) is 34.1 Å². The lowest BCUT2D eigenvalue weighted by atomic mass is 10.1. The van der Waals surface area contributed by atoms with Crippen molar-refractivity contribution < 1.29 is 0 Å². The SMILES string of the molecule is Clc1cccc(N(c2cccc(Cl)c2)c2ccc3c(c2)c2cc(N(c4cccc(Cl)c4)c4cccc(Cl)c4)ccc2n3-c2ccccc2)c1. The molecule has 49 heavy (non-hydrogen) atoms. The molecule has 0 saturated carbocycles. The number of rotatable bonds is 7. The van der Waals surface area contributed by atoms with Crippen molar-refractivity contribution in [2.75, 3.05) is 9.80 Å². The maximum Gasteiger partial charge on any atom is 0.0542 e. The number of para-hydroxylation sites is 1. The van der Waals surface area contributed by atoms with Crippen molar-refractivity contribution in [3.8, 4) is 5.69 Å². The lowest BCUT2D eigenvalue weighted by Crippen LogP contribution is -2.10. The van der Waals surface area contributed by atoms with E-state index >= 15 is 0 Å². The van der Waals surface area contributed by atoms with Crippen molar-refractivity contribution in [3.63, 3.8) is 0 Å². The van der Waals surface area contributed by atoms with Gasteiger partial charge in [-0.15, -0.1) is 0 Å². The standard InChI is InChI=1S/C42H27Cl4N3/c43-28-8-4-14-33(22-28)47(34-15-5-9-29(44)23-34)37-18-20-41-39(26-37)40-27-38(19-21-42(40)49(41)32-12-2-1-3-13-32)48(35-16-6-10-30(45)24-35)36-17-7-11-31(46)25-36/h1-27H. The lowest BCUT2D eigenvalue weighted by Gasteiger charge is -2.26. The van der Waals surface area contributed by atoms with Gasteiger partial charge in [0.05, 0.1) is 11.0 Å². The molecule has 1 heterocycles. The molecule has 0 aliphatic carbocycles. The molecule has 0 bridgehead atoms. The highest BCUT2D eigenvalue weighted by atomic mass is 35.5. The van der Waals surface area contributed by atoms with Crippen LogP contribution in [-0.4, -0.2) is 4.57 Å². The third-order valence-electron chi connectivity index (χ3n) is 8.53. The second kappa shape index (κ2) is 13.2. The highest BCUT2D eigenvalue weighted by Gasteiger charge is 2.20. The van der Waals surface area contributed by atoms with E-state index in [0.29, 0.717) is 20.1 Å². The third kappa shape index (κ3) is 6.12. The zero-order chi connectivity index (χ0) is 33.5. The Hall–Kier alpha value is -4.90. The van der Waals surface area contributed by atoms with Gasteiger partial charge < -0.3 is 14.4 Å². The minimum absolute atomic E-state index is 0.651. The molecule has 0 aliphatic heterocycles. The molecule has 0 spiro atoms. The van der Waals surface area contributed by atoms with Crippen LogP contribution in [0.5, 0.6) is 0 Å². The van der Waals surface area contributed by atoms with Crippen molar-refractivity contribution in [2.24, 2.45) is 0 Å². The van der Waals surface area contributed by atoms with Crippen LogP contribution in [0, 0.1) is 0 Å². The summed E-state index contributed by atoms with van der Waals surface area (Å²) in [6, 6.07) is 55.0. The minimum atomic E-state index is 0.651. The highest BCUT2D eigenvalue weighted by molar-refractivity contribution is 6.32. The van der Waals surface area contributed by atoms with Crippen LogP contribution in [-0.2, 0) is 0 Å². The fourth-order valence-corrected chi connectivity index (χ4v) is 7.23. The molecule has 238 valence electrons. The molecular formula is C42H27Cl4N3. The zero-order valence-corrected chi connectivity index (χ0v) is 29.0. The van der Waals surface area contributed by atoms with Crippen molar-refractivity contribution in [3.05, 3.63) is 184 Å². The fraction of sp³-hybridized carbons (Fsp3) is 0. The zero-order valence-electron chi connectivity index (χ0n) is 25.9. The molecule has 0 aliphatic rings. The van der Waals surface area contributed by atoms with Crippen LogP contribution >= 0.6 is 46.4 Å². The van der Waals surface area contributed by atoms with Gasteiger partial charge in [-0.3, -0.25) is 0 Å². The van der Waals surface area contributed by atoms with Crippen molar-refractivity contribution in [1.82, 2.24) is 4.57 Å². The normalized spacial score (nSPS) is 11.3. The second-order valence-electron chi connectivity index (χ2n) is 11.7. The number of hydrogen-bond donors (Lipinski definition) is 0. The van der Waals surface area contributed by atoms with E-state index in [-0.39, 0.29) is 0 Å². The average Bonchev–Trinajstić information content (AvgIpc) is 3.42. The summed E-state index contributed by atoms with van der Waals surface area (Å²) in [5.41, 5.74) is 8.87. The van der Waals surface area contributed by atoms with Crippen molar-refractivity contribution in [1.29, 1.82) is 0 Å². The van der Waals surface area contributed by atoms with E-state index in [1.54, 1.807) is 0 Å². The summed E-state index contributed by atoms with van der Waals surface area (Å²) in [5.74, 6) is 0. The molecule has 7 aromatic carbocycles. The molecule has 0 unspecified atom stereocenters. The van der Waals surface area contributed by atoms with E-state index in [1.807, 2.05) is 78.9 Å². The van der Waals surface area contributed by atoms with Gasteiger partial charge in [-0.25, -0.2) is 0 Å². The van der Waals surface area contributed by atoms with Crippen molar-refractivity contribution >= 4 is 102 Å². The Morgan fingerprint density at radius 1 is 0.327 bits per heavy atom. The Bertz CT molecular complexity index is 2230. The molecule has 7 heteroatoms. The second-order valence-corrected chi connectivity index (χ2v) is 13.4. The van der Waals surface area contributed by atoms with E-state index in [4.69, 9.17) is 46.4 Å². The van der Waals surface area contributed by atoms with E-state index in [9.17, 15) is 0 Å². The number of hydrogen-bond acceptors (Lipinski definition) is 2. The van der Waals surface area contributed by atoms with Gasteiger partial charge in [0.1, 0.15) is 0 Å². The average molecular weight is 716 g/mol. The Morgan fingerprint density at radius 3 is 1.02 bits per heavy atom. The summed E-state index contributed by atoms with van der Waals surface area (Å²) >= 11 is 26.1. The summed E-state index contributed by atoms with van der Waals surface area (Å²) in [6.07, 6.45) is 0. The van der Waals surface area contributed by atoms with Gasteiger partial charge in [0.2, 0.25) is 0 Å². The van der Waals surface area contributed by atoms with E-state index in [2.05, 4.69) is 99.3 Å². The molecular weight excluding hydrogens is 688 g/mol. The number of benzene rings is 7. The Kier molecular flexibility index (Phi) is 8.45. The largest absolute Gasteiger partial charge is 0.310 e. The molecule has 8 rings (SSSR count). The fourth-order valence-electron chi connectivity index (χ4n) is 6.49. The lowest BCUT2D eigenvalue weighted by molar-refractivity contribution is 1.18. The molecule has 1 aromatic heterocycles. The van der Waals surface area contributed by atoms with Crippen LogP contribution in [0.1, 0.15) is 0 Å². The first-order valence-corrected chi connectivity index (χ1v) is 17.2. The molecule has 8 aromatic rings. The predicted octanol–water partition coefficient (Wildman–Crippen LogP) is 14.3. The number of anilines is 6. The quantitative estimate of drug-likeness (QED) is 0.163. The van der Waals surface area contributed by atoms with E-state index < -0.39 is 0 Å². The predicted molar refractivity (Wildman–Crippen MR) is 210 cm³/mol. The number of fused-ring (bicyclic) bond motifs is 3. The van der Waals surface area contributed by atoms with Crippen molar-refractivity contribution in [2.45, 2.75) is 0 Å². The summed E-state index contributed by atoms with van der Waals surface area (Å²) in [7, 11) is 0. The van der Waals surface area contributed by atoms with Crippen LogP contribution in [0.25, 0.3) is 27.5 Å². The molecule has 0 atom stereocenters. The third-order valence-corrected chi connectivity index (χ3v) is 9.47. The van der Waals surface area contributed by atoms with Gasteiger partial charge in [-0.1, -0.05) is 88.9 Å². The van der Waals surface area contributed by atoms with Gasteiger partial charge in [-0.05, 0) is 121 Å². The monoisotopic (exact) mass is 713 g/mol. The summed E-state index contributed by atoms with van der Waals surface area (Å²) < 4.78 is 2.31. The van der Waals surface area contributed by atoms with E-state index in [1.165, 1.54) is 0 Å². The summed E-state index contributed by atoms with van der Waals surface area (Å²) in [5, 5.41) is 4.78. The number of aromatic nitrogens is 1. The van der Waals surface area contributed by atoms with Gasteiger partial charge in [0.25, 0.3) is 0 Å². The van der Waals surface area contributed by atoms with Crippen LogP contribution in [0.2, 0.25) is 20.1 Å². The molecule has 3 nitrogen and oxygen atoms in total. The molecule has 0 saturated heterocycles. The Morgan fingerprint density at radius 2 is 0.673 bits per heavy atom. The minimum Gasteiger partial charge on any atom is -0.310 e. The smallest absolute Gasteiger partial charge is 0.0542 e. The molecule has 0 amide bonds. The summed E-state index contributed by atoms with van der Waals surface area (Å²) in [6.45, 7) is 0.